The van der Waals surface area contributed by atoms with Gasteiger partial charge >= 0.3 is 17.9 Å². The summed E-state index contributed by atoms with van der Waals surface area (Å²) in [6.07, 6.45) is 65.2. The van der Waals surface area contributed by atoms with Gasteiger partial charge < -0.3 is 14.2 Å². The third-order valence-corrected chi connectivity index (χ3v) is 12.3. The largest absolute Gasteiger partial charge is 0.462 e. The molecule has 0 bridgehead atoms. The number of rotatable bonds is 51. The highest BCUT2D eigenvalue weighted by Crippen LogP contribution is 2.15. The molecule has 0 spiro atoms. The van der Waals surface area contributed by atoms with E-state index < -0.39 is 6.10 Å². The van der Waals surface area contributed by atoms with E-state index >= 15 is 0 Å². The molecule has 0 unspecified atom stereocenters. The fourth-order valence-corrected chi connectivity index (χ4v) is 7.99. The lowest BCUT2D eigenvalue weighted by Gasteiger charge is -2.18. The summed E-state index contributed by atoms with van der Waals surface area (Å²) in [6, 6.07) is 0. The Hall–Kier alpha value is -2.63. The van der Waals surface area contributed by atoms with E-state index in [-0.39, 0.29) is 31.1 Å². The SMILES string of the molecule is CCCCC/C=C\C/C=C\CCCCCCCC(=O)OC[C@H](COC(=O)CCCCCCCCC/C=C\CCCCCCCC)OC(=O)CCCCCCC/C=C\CCCCCCCC. The highest BCUT2D eigenvalue weighted by Gasteiger charge is 2.19. The van der Waals surface area contributed by atoms with Crippen LogP contribution >= 0.6 is 0 Å². The van der Waals surface area contributed by atoms with Gasteiger partial charge in [-0.15, -0.1) is 0 Å². The summed E-state index contributed by atoms with van der Waals surface area (Å²) in [5, 5.41) is 0. The van der Waals surface area contributed by atoms with E-state index in [0.717, 1.165) is 89.9 Å². The molecule has 0 rings (SSSR count). The standard InChI is InChI=1S/C59H106O6/c1-4-7-10-13-16-19-22-25-28-29-32-34-37-40-43-46-49-52-58(61)64-55-56(65-59(62)53-50-47-44-41-38-35-31-27-24-21-18-15-12-9-6-3)54-63-57(60)51-48-45-42-39-36-33-30-26-23-20-17-14-11-8-5-2/h17,20,25-28,30-31,56H,4-16,18-19,21-24,29,32-55H2,1-3H3/b20-17-,28-25-,30-26-,31-27-/t56-/m1/s1. The van der Waals surface area contributed by atoms with Crippen LogP contribution < -0.4 is 0 Å². The second-order valence-electron chi connectivity index (χ2n) is 18.8. The number of carbonyl (C=O) groups excluding carboxylic acids is 3. The normalized spacial score (nSPS) is 12.4. The van der Waals surface area contributed by atoms with Gasteiger partial charge in [0.1, 0.15) is 13.2 Å². The zero-order chi connectivity index (χ0) is 47.2. The molecule has 0 aliphatic rings. The molecule has 0 aliphatic heterocycles. The number of ether oxygens (including phenoxy) is 3. The van der Waals surface area contributed by atoms with Crippen molar-refractivity contribution >= 4 is 17.9 Å². The Morgan fingerprint density at radius 3 is 0.892 bits per heavy atom. The third-order valence-electron chi connectivity index (χ3n) is 12.3. The van der Waals surface area contributed by atoms with Crippen LogP contribution in [0.2, 0.25) is 0 Å². The topological polar surface area (TPSA) is 78.9 Å². The van der Waals surface area contributed by atoms with Crippen LogP contribution in [0, 0.1) is 0 Å². The number of esters is 3. The van der Waals surface area contributed by atoms with Crippen molar-refractivity contribution in [2.75, 3.05) is 13.2 Å². The molecule has 0 heterocycles. The van der Waals surface area contributed by atoms with Crippen LogP contribution in [-0.2, 0) is 28.6 Å². The van der Waals surface area contributed by atoms with Gasteiger partial charge in [-0.1, -0.05) is 217 Å². The van der Waals surface area contributed by atoms with Gasteiger partial charge in [0.05, 0.1) is 0 Å². The number of carbonyl (C=O) groups is 3. The first kappa shape index (κ1) is 62.4. The Morgan fingerprint density at radius 1 is 0.308 bits per heavy atom. The molecule has 0 amide bonds. The van der Waals surface area contributed by atoms with Crippen LogP contribution in [0.15, 0.2) is 48.6 Å². The Labute approximate surface area is 403 Å². The molecule has 0 radical (unpaired) electrons. The summed E-state index contributed by atoms with van der Waals surface area (Å²) in [4.78, 5) is 38.1. The second-order valence-corrected chi connectivity index (χ2v) is 18.8. The molecule has 0 aliphatic carbocycles. The minimum absolute atomic E-state index is 0.0820. The van der Waals surface area contributed by atoms with Crippen molar-refractivity contribution in [2.45, 2.75) is 297 Å². The molecule has 1 atom stereocenters. The Morgan fingerprint density at radius 2 is 0.554 bits per heavy atom. The molecule has 0 N–H and O–H groups in total. The van der Waals surface area contributed by atoms with Gasteiger partial charge in [-0.3, -0.25) is 14.4 Å². The Kier molecular flexibility index (Phi) is 51.8. The van der Waals surface area contributed by atoms with Gasteiger partial charge in [0, 0.05) is 19.3 Å². The van der Waals surface area contributed by atoms with Crippen molar-refractivity contribution in [1.29, 1.82) is 0 Å². The number of hydrogen-bond acceptors (Lipinski definition) is 6. The van der Waals surface area contributed by atoms with Gasteiger partial charge in [-0.05, 0) is 103 Å². The summed E-state index contributed by atoms with van der Waals surface area (Å²) >= 11 is 0. The summed E-state index contributed by atoms with van der Waals surface area (Å²) in [6.45, 7) is 6.60. The molecule has 0 aromatic carbocycles. The maximum absolute atomic E-state index is 12.8. The fraction of sp³-hybridized carbons (Fsp3) is 0.814. The molecule has 378 valence electrons. The van der Waals surface area contributed by atoms with Crippen LogP contribution in [0.1, 0.15) is 290 Å². The van der Waals surface area contributed by atoms with Crippen molar-refractivity contribution in [3.05, 3.63) is 48.6 Å². The lowest BCUT2D eigenvalue weighted by atomic mass is 10.1. The Bertz CT molecular complexity index is 1140. The van der Waals surface area contributed by atoms with Crippen LogP contribution in [-0.4, -0.2) is 37.2 Å². The zero-order valence-electron chi connectivity index (χ0n) is 43.3. The summed E-state index contributed by atoms with van der Waals surface area (Å²) in [5.74, 6) is -0.898. The minimum atomic E-state index is -0.784. The van der Waals surface area contributed by atoms with Crippen molar-refractivity contribution in [3.8, 4) is 0 Å². The highest BCUT2D eigenvalue weighted by atomic mass is 16.6. The van der Waals surface area contributed by atoms with E-state index in [4.69, 9.17) is 14.2 Å². The van der Waals surface area contributed by atoms with Gasteiger partial charge in [-0.2, -0.15) is 0 Å². The first-order valence-electron chi connectivity index (χ1n) is 28.1. The van der Waals surface area contributed by atoms with E-state index in [1.165, 1.54) is 161 Å². The lowest BCUT2D eigenvalue weighted by molar-refractivity contribution is -0.167. The van der Waals surface area contributed by atoms with Crippen LogP contribution in [0.25, 0.3) is 0 Å². The molecule has 6 nitrogen and oxygen atoms in total. The quantitative estimate of drug-likeness (QED) is 0.0262. The number of allylic oxidation sites excluding steroid dienone is 8. The third kappa shape index (κ3) is 52.2. The first-order chi connectivity index (χ1) is 32.0. The molecule has 0 aromatic rings. The fourth-order valence-electron chi connectivity index (χ4n) is 7.99. The number of unbranched alkanes of at least 4 members (excludes halogenated alkanes) is 32. The van der Waals surface area contributed by atoms with Crippen molar-refractivity contribution in [3.63, 3.8) is 0 Å². The average Bonchev–Trinajstić information content (AvgIpc) is 3.30. The molecular formula is C59H106O6. The lowest BCUT2D eigenvalue weighted by Crippen LogP contribution is -2.30. The van der Waals surface area contributed by atoms with Crippen molar-refractivity contribution < 1.29 is 28.6 Å². The van der Waals surface area contributed by atoms with E-state index in [9.17, 15) is 14.4 Å². The van der Waals surface area contributed by atoms with Gasteiger partial charge in [0.2, 0.25) is 0 Å². The molecule has 0 aromatic heterocycles. The monoisotopic (exact) mass is 911 g/mol. The van der Waals surface area contributed by atoms with Crippen LogP contribution in [0.3, 0.4) is 0 Å². The van der Waals surface area contributed by atoms with Crippen molar-refractivity contribution in [1.82, 2.24) is 0 Å². The van der Waals surface area contributed by atoms with Crippen molar-refractivity contribution in [2.24, 2.45) is 0 Å². The zero-order valence-corrected chi connectivity index (χ0v) is 43.3. The smallest absolute Gasteiger partial charge is 0.306 e. The average molecular weight is 911 g/mol. The van der Waals surface area contributed by atoms with Gasteiger partial charge in [-0.25, -0.2) is 0 Å². The summed E-state index contributed by atoms with van der Waals surface area (Å²) in [5.41, 5.74) is 0. The maximum Gasteiger partial charge on any atom is 0.306 e. The summed E-state index contributed by atoms with van der Waals surface area (Å²) < 4.78 is 16.8. The number of hydrogen-bond donors (Lipinski definition) is 0. The highest BCUT2D eigenvalue weighted by molar-refractivity contribution is 5.71. The first-order valence-corrected chi connectivity index (χ1v) is 28.1. The Balaban J connectivity index is 4.40. The van der Waals surface area contributed by atoms with Crippen LogP contribution in [0.5, 0.6) is 0 Å². The summed E-state index contributed by atoms with van der Waals surface area (Å²) in [7, 11) is 0. The van der Waals surface area contributed by atoms with E-state index in [1.54, 1.807) is 0 Å². The van der Waals surface area contributed by atoms with Gasteiger partial charge in [0.15, 0.2) is 6.10 Å². The predicted octanol–water partition coefficient (Wildman–Crippen LogP) is 18.7. The minimum Gasteiger partial charge on any atom is -0.462 e. The molecule has 0 saturated heterocycles. The van der Waals surface area contributed by atoms with Gasteiger partial charge in [0.25, 0.3) is 0 Å². The molecule has 65 heavy (non-hydrogen) atoms. The maximum atomic E-state index is 12.8. The van der Waals surface area contributed by atoms with Crippen LogP contribution in [0.4, 0.5) is 0 Å². The van der Waals surface area contributed by atoms with E-state index in [0.29, 0.717) is 19.3 Å². The van der Waals surface area contributed by atoms with E-state index in [2.05, 4.69) is 69.4 Å². The van der Waals surface area contributed by atoms with E-state index in [1.807, 2.05) is 0 Å². The molecule has 0 saturated carbocycles. The molecular weight excluding hydrogens is 805 g/mol. The second kappa shape index (κ2) is 54.0. The molecule has 0 fully saturated rings. The molecule has 6 heteroatoms. The predicted molar refractivity (Wildman–Crippen MR) is 279 cm³/mol.